The second kappa shape index (κ2) is 6.88. The molecule has 0 atom stereocenters. The third kappa shape index (κ3) is 3.34. The van der Waals surface area contributed by atoms with Crippen LogP contribution in [0.2, 0.25) is 0 Å². The summed E-state index contributed by atoms with van der Waals surface area (Å²) < 4.78 is 19.2. The maximum atomic E-state index is 14.0. The molecule has 0 saturated carbocycles. The summed E-state index contributed by atoms with van der Waals surface area (Å²) in [5.41, 5.74) is 2.61. The molecule has 5 nitrogen and oxygen atoms in total. The molecule has 1 aromatic carbocycles. The monoisotopic (exact) mass is 328 g/mol. The Kier molecular flexibility index (Phi) is 5.16. The van der Waals surface area contributed by atoms with Gasteiger partial charge < -0.3 is 4.74 Å². The molecule has 1 heterocycles. The SMILES string of the molecule is COC(=O)CSCc1c(C(=O)NN)sc2cccc(F)c12. The van der Waals surface area contributed by atoms with Gasteiger partial charge in [0.1, 0.15) is 5.82 Å². The summed E-state index contributed by atoms with van der Waals surface area (Å²) >= 11 is 2.43. The highest BCUT2D eigenvalue weighted by atomic mass is 32.2. The highest BCUT2D eigenvalue weighted by Gasteiger charge is 2.20. The number of amides is 1. The lowest BCUT2D eigenvalue weighted by Crippen LogP contribution is -2.29. The average molecular weight is 328 g/mol. The standard InChI is InChI=1S/C13H13FN2O3S2/c1-19-10(17)6-20-5-7-11-8(14)3-2-4-9(11)21-12(7)13(18)16-15/h2-4H,5-6,15H2,1H3,(H,16,18). The van der Waals surface area contributed by atoms with Crippen molar-refractivity contribution in [3.8, 4) is 0 Å². The molecule has 0 unspecified atom stereocenters. The number of thioether (sulfide) groups is 1. The first kappa shape index (κ1) is 15.7. The summed E-state index contributed by atoms with van der Waals surface area (Å²) in [6.07, 6.45) is 0. The lowest BCUT2D eigenvalue weighted by molar-refractivity contribution is -0.137. The number of benzene rings is 1. The fourth-order valence-electron chi connectivity index (χ4n) is 1.85. The van der Waals surface area contributed by atoms with Crippen LogP contribution in [0.5, 0.6) is 0 Å². The molecular weight excluding hydrogens is 315 g/mol. The smallest absolute Gasteiger partial charge is 0.315 e. The number of hydrazine groups is 1. The molecule has 8 heteroatoms. The number of halogens is 1. The Morgan fingerprint density at radius 1 is 1.48 bits per heavy atom. The van der Waals surface area contributed by atoms with Crippen molar-refractivity contribution >= 4 is 45.1 Å². The molecule has 0 fully saturated rings. The lowest BCUT2D eigenvalue weighted by Gasteiger charge is -2.04. The summed E-state index contributed by atoms with van der Waals surface area (Å²) in [6.45, 7) is 0. The zero-order chi connectivity index (χ0) is 15.4. The van der Waals surface area contributed by atoms with Gasteiger partial charge in [-0.1, -0.05) is 6.07 Å². The van der Waals surface area contributed by atoms with Gasteiger partial charge in [0, 0.05) is 15.8 Å². The minimum atomic E-state index is -0.468. The number of nitrogens with two attached hydrogens (primary N) is 1. The maximum Gasteiger partial charge on any atom is 0.315 e. The first-order valence-corrected chi connectivity index (χ1v) is 7.91. The Balaban J connectivity index is 2.38. The number of hydrogen-bond donors (Lipinski definition) is 2. The number of carbonyl (C=O) groups is 2. The predicted molar refractivity (Wildman–Crippen MR) is 81.6 cm³/mol. The Bertz CT molecular complexity index is 687. The van der Waals surface area contributed by atoms with Crippen molar-refractivity contribution < 1.29 is 18.7 Å². The fourth-order valence-corrected chi connectivity index (χ4v) is 3.96. The number of hydrogen-bond acceptors (Lipinski definition) is 6. The number of methoxy groups -OCH3 is 1. The van der Waals surface area contributed by atoms with Crippen molar-refractivity contribution in [2.75, 3.05) is 12.9 Å². The molecule has 1 amide bonds. The Labute approximate surface area is 128 Å². The number of rotatable bonds is 5. The molecule has 1 aromatic heterocycles. The van der Waals surface area contributed by atoms with Crippen LogP contribution in [0.4, 0.5) is 4.39 Å². The number of ether oxygens (including phenoxy) is 1. The Morgan fingerprint density at radius 3 is 2.90 bits per heavy atom. The van der Waals surface area contributed by atoms with Gasteiger partial charge in [-0.05, 0) is 17.7 Å². The van der Waals surface area contributed by atoms with Crippen molar-refractivity contribution in [1.82, 2.24) is 5.43 Å². The summed E-state index contributed by atoms with van der Waals surface area (Å²) in [4.78, 5) is 23.3. The van der Waals surface area contributed by atoms with Gasteiger partial charge in [0.25, 0.3) is 5.91 Å². The van der Waals surface area contributed by atoms with Crippen molar-refractivity contribution in [3.63, 3.8) is 0 Å². The molecule has 0 bridgehead atoms. The summed E-state index contributed by atoms with van der Waals surface area (Å²) in [5.74, 6) is 4.38. The van der Waals surface area contributed by atoms with E-state index in [1.54, 1.807) is 12.1 Å². The van der Waals surface area contributed by atoms with E-state index in [1.807, 2.05) is 0 Å². The molecule has 2 rings (SSSR count). The molecule has 0 aliphatic heterocycles. The third-order valence-electron chi connectivity index (χ3n) is 2.79. The maximum absolute atomic E-state index is 14.0. The zero-order valence-corrected chi connectivity index (χ0v) is 12.8. The first-order valence-electron chi connectivity index (χ1n) is 5.94. The summed E-state index contributed by atoms with van der Waals surface area (Å²) in [6, 6.07) is 4.67. The number of thiophene rings is 1. The number of fused-ring (bicyclic) bond motifs is 1. The van der Waals surface area contributed by atoms with E-state index < -0.39 is 11.7 Å². The van der Waals surface area contributed by atoms with Crippen LogP contribution in [0, 0.1) is 5.82 Å². The molecule has 0 aliphatic carbocycles. The highest BCUT2D eigenvalue weighted by Crippen LogP contribution is 2.35. The van der Waals surface area contributed by atoms with E-state index in [-0.39, 0.29) is 11.7 Å². The summed E-state index contributed by atoms with van der Waals surface area (Å²) in [7, 11) is 1.30. The van der Waals surface area contributed by atoms with Crippen LogP contribution in [-0.4, -0.2) is 24.7 Å². The molecule has 0 aliphatic rings. The van der Waals surface area contributed by atoms with Gasteiger partial charge >= 0.3 is 5.97 Å². The van der Waals surface area contributed by atoms with Gasteiger partial charge in [0.05, 0.1) is 17.7 Å². The lowest BCUT2D eigenvalue weighted by atomic mass is 10.1. The van der Waals surface area contributed by atoms with Crippen LogP contribution in [0.25, 0.3) is 10.1 Å². The van der Waals surface area contributed by atoms with E-state index in [9.17, 15) is 14.0 Å². The predicted octanol–water partition coefficient (Wildman–Crippen LogP) is 2.05. The molecule has 0 radical (unpaired) electrons. The van der Waals surface area contributed by atoms with Crippen LogP contribution in [0.1, 0.15) is 15.2 Å². The van der Waals surface area contributed by atoms with Crippen molar-refractivity contribution in [2.24, 2.45) is 5.84 Å². The molecule has 112 valence electrons. The minimum Gasteiger partial charge on any atom is -0.468 e. The van der Waals surface area contributed by atoms with E-state index in [4.69, 9.17) is 5.84 Å². The van der Waals surface area contributed by atoms with Gasteiger partial charge in [-0.15, -0.1) is 23.1 Å². The van der Waals surface area contributed by atoms with E-state index in [0.29, 0.717) is 26.3 Å². The van der Waals surface area contributed by atoms with Crippen LogP contribution >= 0.6 is 23.1 Å². The van der Waals surface area contributed by atoms with Crippen LogP contribution in [0.3, 0.4) is 0 Å². The van der Waals surface area contributed by atoms with Crippen LogP contribution < -0.4 is 11.3 Å². The molecule has 2 aromatic rings. The average Bonchev–Trinajstić information content (AvgIpc) is 2.86. The molecule has 3 N–H and O–H groups in total. The second-order valence-electron chi connectivity index (χ2n) is 4.07. The van der Waals surface area contributed by atoms with E-state index >= 15 is 0 Å². The largest absolute Gasteiger partial charge is 0.468 e. The molecule has 0 saturated heterocycles. The Hall–Kier alpha value is -1.64. The van der Waals surface area contributed by atoms with E-state index in [2.05, 4.69) is 10.2 Å². The number of nitrogen functional groups attached to an aromatic ring is 1. The number of esters is 1. The van der Waals surface area contributed by atoms with Crippen molar-refractivity contribution in [3.05, 3.63) is 34.5 Å². The highest BCUT2D eigenvalue weighted by molar-refractivity contribution is 7.99. The Morgan fingerprint density at radius 2 is 2.24 bits per heavy atom. The fraction of sp³-hybridized carbons (Fsp3) is 0.231. The van der Waals surface area contributed by atoms with Crippen LogP contribution in [0.15, 0.2) is 18.2 Å². The quantitative estimate of drug-likeness (QED) is 0.380. The topological polar surface area (TPSA) is 81.4 Å². The van der Waals surface area contributed by atoms with Gasteiger partial charge in [-0.2, -0.15) is 0 Å². The van der Waals surface area contributed by atoms with Crippen molar-refractivity contribution in [1.29, 1.82) is 0 Å². The van der Waals surface area contributed by atoms with Gasteiger partial charge in [0.2, 0.25) is 0 Å². The van der Waals surface area contributed by atoms with E-state index in [1.165, 1.54) is 36.3 Å². The van der Waals surface area contributed by atoms with Crippen molar-refractivity contribution in [2.45, 2.75) is 5.75 Å². The first-order chi connectivity index (χ1) is 10.1. The second-order valence-corrected chi connectivity index (χ2v) is 6.10. The molecule has 21 heavy (non-hydrogen) atoms. The van der Waals surface area contributed by atoms with Gasteiger partial charge in [-0.25, -0.2) is 10.2 Å². The van der Waals surface area contributed by atoms with E-state index in [0.717, 1.165) is 0 Å². The molecule has 0 spiro atoms. The normalized spacial score (nSPS) is 10.6. The summed E-state index contributed by atoms with van der Waals surface area (Å²) in [5, 5.41) is 0.401. The third-order valence-corrected chi connectivity index (χ3v) is 4.92. The number of nitrogens with one attached hydrogen (secondary N) is 1. The number of carbonyl (C=O) groups excluding carboxylic acids is 2. The molecular formula is C13H13FN2O3S2. The minimum absolute atomic E-state index is 0.131. The van der Waals surface area contributed by atoms with Crippen LogP contribution in [-0.2, 0) is 15.3 Å². The van der Waals surface area contributed by atoms with Gasteiger partial charge in [0.15, 0.2) is 0 Å². The van der Waals surface area contributed by atoms with Gasteiger partial charge in [-0.3, -0.25) is 15.0 Å². The zero-order valence-electron chi connectivity index (χ0n) is 11.1.